The lowest BCUT2D eigenvalue weighted by Gasteiger charge is -2.49. The lowest BCUT2D eigenvalue weighted by molar-refractivity contribution is -0.0906. The molecule has 0 bridgehead atoms. The van der Waals surface area contributed by atoms with Crippen LogP contribution in [0.4, 0.5) is 0 Å². The number of nitrogens with zero attached hydrogens (tertiary/aromatic N) is 1. The van der Waals surface area contributed by atoms with Gasteiger partial charge in [-0.3, -0.25) is 4.90 Å². The van der Waals surface area contributed by atoms with Gasteiger partial charge in [0, 0.05) is 24.7 Å². The molecule has 1 saturated heterocycles. The van der Waals surface area contributed by atoms with Crippen molar-refractivity contribution in [3.63, 3.8) is 0 Å². The zero-order valence-corrected chi connectivity index (χ0v) is 11.8. The lowest BCUT2D eigenvalue weighted by atomic mass is 9.75. The van der Waals surface area contributed by atoms with Crippen LogP contribution in [0.1, 0.15) is 46.0 Å². The average Bonchev–Trinajstić information content (AvgIpc) is 2.76. The lowest BCUT2D eigenvalue weighted by Crippen LogP contribution is -2.62. The topological polar surface area (TPSA) is 38.5 Å². The Balaban J connectivity index is 1.75. The number of rotatable bonds is 1. The van der Waals surface area contributed by atoms with Crippen molar-refractivity contribution in [2.24, 2.45) is 17.6 Å². The first kappa shape index (κ1) is 12.9. The molecule has 0 amide bonds. The highest BCUT2D eigenvalue weighted by molar-refractivity contribution is 4.99. The van der Waals surface area contributed by atoms with Gasteiger partial charge in [-0.25, -0.2) is 0 Å². The van der Waals surface area contributed by atoms with Gasteiger partial charge in [0.25, 0.3) is 0 Å². The molecule has 0 radical (unpaired) electrons. The summed E-state index contributed by atoms with van der Waals surface area (Å²) < 4.78 is 5.93. The van der Waals surface area contributed by atoms with E-state index in [0.29, 0.717) is 24.2 Å². The van der Waals surface area contributed by atoms with Crippen molar-refractivity contribution < 1.29 is 4.74 Å². The van der Waals surface area contributed by atoms with E-state index in [2.05, 4.69) is 18.7 Å². The molecule has 6 unspecified atom stereocenters. The van der Waals surface area contributed by atoms with Gasteiger partial charge in [-0.1, -0.05) is 13.8 Å². The zero-order chi connectivity index (χ0) is 12.7. The maximum Gasteiger partial charge on any atom is 0.0731 e. The number of hydrogen-bond donors (Lipinski definition) is 1. The van der Waals surface area contributed by atoms with E-state index < -0.39 is 0 Å². The normalized spacial score (nSPS) is 50.2. The Morgan fingerprint density at radius 3 is 2.78 bits per heavy atom. The minimum atomic E-state index is 0.364. The molecule has 2 saturated carbocycles. The van der Waals surface area contributed by atoms with Gasteiger partial charge in [0.2, 0.25) is 0 Å². The highest BCUT2D eigenvalue weighted by Crippen LogP contribution is 2.37. The van der Waals surface area contributed by atoms with Crippen LogP contribution in [0.3, 0.4) is 0 Å². The molecule has 0 aromatic carbocycles. The summed E-state index contributed by atoms with van der Waals surface area (Å²) in [7, 11) is 0. The van der Waals surface area contributed by atoms with E-state index in [1.54, 1.807) is 0 Å². The number of hydrogen-bond acceptors (Lipinski definition) is 3. The molecule has 3 heteroatoms. The quantitative estimate of drug-likeness (QED) is 0.776. The van der Waals surface area contributed by atoms with Crippen molar-refractivity contribution in [2.45, 2.75) is 70.2 Å². The zero-order valence-electron chi connectivity index (χ0n) is 11.8. The van der Waals surface area contributed by atoms with Gasteiger partial charge in [-0.2, -0.15) is 0 Å². The summed E-state index contributed by atoms with van der Waals surface area (Å²) in [6.45, 7) is 6.76. The Hall–Kier alpha value is -0.120. The molecule has 6 atom stereocenters. The Bertz CT molecular complexity index is 284. The van der Waals surface area contributed by atoms with Crippen LogP contribution in [0.15, 0.2) is 0 Å². The Morgan fingerprint density at radius 2 is 2.00 bits per heavy atom. The SMILES string of the molecule is CC1CC(C)C(N2CCOC3CCCC32)C(N)C1. The van der Waals surface area contributed by atoms with E-state index in [1.165, 1.54) is 32.1 Å². The van der Waals surface area contributed by atoms with E-state index in [-0.39, 0.29) is 0 Å². The van der Waals surface area contributed by atoms with Gasteiger partial charge < -0.3 is 10.5 Å². The van der Waals surface area contributed by atoms with Gasteiger partial charge in [0.05, 0.1) is 12.7 Å². The van der Waals surface area contributed by atoms with E-state index in [1.807, 2.05) is 0 Å². The van der Waals surface area contributed by atoms with Crippen LogP contribution in [0.2, 0.25) is 0 Å². The monoisotopic (exact) mass is 252 g/mol. The van der Waals surface area contributed by atoms with Crippen molar-refractivity contribution in [1.29, 1.82) is 0 Å². The second kappa shape index (κ2) is 5.10. The minimum absolute atomic E-state index is 0.364. The molecule has 0 aromatic heterocycles. The van der Waals surface area contributed by atoms with Crippen LogP contribution in [0, 0.1) is 11.8 Å². The molecule has 3 rings (SSSR count). The summed E-state index contributed by atoms with van der Waals surface area (Å²) in [6, 6.07) is 1.62. The van der Waals surface area contributed by atoms with Gasteiger partial charge in [-0.05, 0) is 43.9 Å². The number of ether oxygens (including phenoxy) is 1. The van der Waals surface area contributed by atoms with Crippen LogP contribution in [0.5, 0.6) is 0 Å². The molecule has 1 heterocycles. The smallest absolute Gasteiger partial charge is 0.0731 e. The maximum absolute atomic E-state index is 6.49. The Morgan fingerprint density at radius 1 is 1.17 bits per heavy atom. The first-order valence-corrected chi connectivity index (χ1v) is 7.79. The van der Waals surface area contributed by atoms with Crippen molar-refractivity contribution in [1.82, 2.24) is 4.90 Å². The van der Waals surface area contributed by atoms with Crippen LogP contribution >= 0.6 is 0 Å². The molecule has 2 N–H and O–H groups in total. The standard InChI is InChI=1S/C15H28N2O/c1-10-8-11(2)15(12(16)9-10)17-6-7-18-14-5-3-4-13(14)17/h10-15H,3-9,16H2,1-2H3. The van der Waals surface area contributed by atoms with Gasteiger partial charge >= 0.3 is 0 Å². The van der Waals surface area contributed by atoms with Crippen molar-refractivity contribution in [3.8, 4) is 0 Å². The molecule has 0 aromatic rings. The summed E-state index contributed by atoms with van der Waals surface area (Å²) >= 11 is 0. The van der Waals surface area contributed by atoms with Crippen LogP contribution in [-0.2, 0) is 4.74 Å². The second-order valence-electron chi connectivity index (χ2n) is 6.85. The highest BCUT2D eigenvalue weighted by atomic mass is 16.5. The Kier molecular flexibility index (Phi) is 3.65. The molecule has 18 heavy (non-hydrogen) atoms. The molecule has 0 spiro atoms. The van der Waals surface area contributed by atoms with Crippen LogP contribution < -0.4 is 5.73 Å². The summed E-state index contributed by atoms with van der Waals surface area (Å²) in [5, 5.41) is 0. The van der Waals surface area contributed by atoms with E-state index in [9.17, 15) is 0 Å². The third-order valence-electron chi connectivity index (χ3n) is 5.38. The summed E-state index contributed by atoms with van der Waals surface area (Å²) in [5.41, 5.74) is 6.49. The van der Waals surface area contributed by atoms with Crippen LogP contribution in [0.25, 0.3) is 0 Å². The first-order valence-electron chi connectivity index (χ1n) is 7.79. The fourth-order valence-electron chi connectivity index (χ4n) is 4.79. The van der Waals surface area contributed by atoms with Gasteiger partial charge in [0.1, 0.15) is 0 Å². The van der Waals surface area contributed by atoms with Crippen LogP contribution in [-0.4, -0.2) is 42.3 Å². The van der Waals surface area contributed by atoms with E-state index in [4.69, 9.17) is 10.5 Å². The fraction of sp³-hybridized carbons (Fsp3) is 1.00. The van der Waals surface area contributed by atoms with Crippen molar-refractivity contribution in [2.75, 3.05) is 13.2 Å². The highest BCUT2D eigenvalue weighted by Gasteiger charge is 2.44. The summed E-state index contributed by atoms with van der Waals surface area (Å²) in [4.78, 5) is 2.72. The molecular weight excluding hydrogens is 224 g/mol. The summed E-state index contributed by atoms with van der Waals surface area (Å²) in [5.74, 6) is 1.54. The molecule has 104 valence electrons. The number of morpholine rings is 1. The largest absolute Gasteiger partial charge is 0.375 e. The molecule has 2 aliphatic carbocycles. The average molecular weight is 252 g/mol. The molecule has 3 nitrogen and oxygen atoms in total. The maximum atomic E-state index is 6.49. The molecule has 3 fully saturated rings. The Labute approximate surface area is 111 Å². The van der Waals surface area contributed by atoms with Gasteiger partial charge in [-0.15, -0.1) is 0 Å². The molecular formula is C15H28N2O. The third kappa shape index (κ3) is 2.21. The molecule has 1 aliphatic heterocycles. The summed E-state index contributed by atoms with van der Waals surface area (Å²) in [6.07, 6.45) is 6.94. The second-order valence-corrected chi connectivity index (χ2v) is 6.85. The van der Waals surface area contributed by atoms with Crippen molar-refractivity contribution in [3.05, 3.63) is 0 Å². The first-order chi connectivity index (χ1) is 8.66. The fourth-order valence-corrected chi connectivity index (χ4v) is 4.79. The molecule has 3 aliphatic rings. The minimum Gasteiger partial charge on any atom is -0.375 e. The number of nitrogens with two attached hydrogens (primary N) is 1. The van der Waals surface area contributed by atoms with E-state index >= 15 is 0 Å². The van der Waals surface area contributed by atoms with E-state index in [0.717, 1.165) is 25.0 Å². The predicted octanol–water partition coefficient (Wildman–Crippen LogP) is 2.00. The third-order valence-corrected chi connectivity index (χ3v) is 5.38. The predicted molar refractivity (Wildman–Crippen MR) is 73.4 cm³/mol. The van der Waals surface area contributed by atoms with Gasteiger partial charge in [0.15, 0.2) is 0 Å². The number of fused-ring (bicyclic) bond motifs is 1. The van der Waals surface area contributed by atoms with Crippen molar-refractivity contribution >= 4 is 0 Å².